The number of benzene rings is 1. The molecule has 2 atom stereocenters. The minimum Gasteiger partial charge on any atom is -0.399 e. The summed E-state index contributed by atoms with van der Waals surface area (Å²) >= 11 is 0. The van der Waals surface area contributed by atoms with Gasteiger partial charge in [0, 0.05) is 37.2 Å². The van der Waals surface area contributed by atoms with Crippen LogP contribution in [-0.2, 0) is 0 Å². The molecule has 2 unspecified atom stereocenters. The standard InChI is InChI=1S/C22H31N5O/c1-16-12-17(2)15-27(14-16)11-5-10-25-22(28)20-8-4-9-24-21(20)26-19-7-3-6-18(23)13-19/h3-4,6-9,13,16-17H,5,10-12,14-15,23H2,1-2H3,(H,24,26)(H,25,28). The Morgan fingerprint density at radius 3 is 2.75 bits per heavy atom. The van der Waals surface area contributed by atoms with E-state index in [1.807, 2.05) is 24.3 Å². The van der Waals surface area contributed by atoms with Gasteiger partial charge in [-0.1, -0.05) is 19.9 Å². The average Bonchev–Trinajstić information content (AvgIpc) is 2.65. The van der Waals surface area contributed by atoms with Gasteiger partial charge in [-0.15, -0.1) is 0 Å². The molecule has 28 heavy (non-hydrogen) atoms. The lowest BCUT2D eigenvalue weighted by atomic mass is 9.92. The number of nitrogens with zero attached hydrogens (tertiary/aromatic N) is 2. The Kier molecular flexibility index (Phi) is 6.87. The molecule has 1 aromatic heterocycles. The van der Waals surface area contributed by atoms with E-state index in [9.17, 15) is 4.79 Å². The molecule has 6 nitrogen and oxygen atoms in total. The number of likely N-dealkylation sites (tertiary alicyclic amines) is 1. The summed E-state index contributed by atoms with van der Waals surface area (Å²) in [5.41, 5.74) is 7.83. The maximum atomic E-state index is 12.6. The van der Waals surface area contributed by atoms with Gasteiger partial charge < -0.3 is 21.3 Å². The lowest BCUT2D eigenvalue weighted by Crippen LogP contribution is -2.40. The average molecular weight is 382 g/mol. The van der Waals surface area contributed by atoms with E-state index >= 15 is 0 Å². The number of hydrogen-bond donors (Lipinski definition) is 3. The fraction of sp³-hybridized carbons (Fsp3) is 0.455. The van der Waals surface area contributed by atoms with Crippen LogP contribution in [-0.4, -0.2) is 42.0 Å². The Labute approximate surface area is 167 Å². The van der Waals surface area contributed by atoms with E-state index < -0.39 is 0 Å². The molecule has 0 bridgehead atoms. The Bertz CT molecular complexity index is 784. The van der Waals surface area contributed by atoms with E-state index in [0.29, 0.717) is 23.6 Å². The zero-order valence-electron chi connectivity index (χ0n) is 16.8. The van der Waals surface area contributed by atoms with Crippen LogP contribution in [0.5, 0.6) is 0 Å². The molecular weight excluding hydrogens is 350 g/mol. The number of piperidine rings is 1. The van der Waals surface area contributed by atoms with Gasteiger partial charge in [0.2, 0.25) is 0 Å². The van der Waals surface area contributed by atoms with Crippen LogP contribution in [0.4, 0.5) is 17.2 Å². The van der Waals surface area contributed by atoms with Crippen LogP contribution in [0.1, 0.15) is 37.0 Å². The predicted octanol–water partition coefficient (Wildman–Crippen LogP) is 3.51. The molecule has 1 aromatic carbocycles. The van der Waals surface area contributed by atoms with Crippen molar-refractivity contribution in [3.8, 4) is 0 Å². The molecule has 1 amide bonds. The van der Waals surface area contributed by atoms with Gasteiger partial charge in [0.15, 0.2) is 0 Å². The third kappa shape index (κ3) is 5.70. The van der Waals surface area contributed by atoms with E-state index in [1.165, 1.54) is 6.42 Å². The minimum atomic E-state index is -0.111. The molecule has 0 aliphatic carbocycles. The number of carbonyl (C=O) groups is 1. The van der Waals surface area contributed by atoms with E-state index in [4.69, 9.17) is 5.73 Å². The van der Waals surface area contributed by atoms with Gasteiger partial charge in [0.1, 0.15) is 5.82 Å². The predicted molar refractivity (Wildman–Crippen MR) is 115 cm³/mol. The second kappa shape index (κ2) is 9.55. The van der Waals surface area contributed by atoms with Gasteiger partial charge in [-0.25, -0.2) is 4.98 Å². The fourth-order valence-corrected chi connectivity index (χ4v) is 4.02. The summed E-state index contributed by atoms with van der Waals surface area (Å²) in [6.45, 7) is 8.65. The van der Waals surface area contributed by atoms with Crippen LogP contribution in [0.25, 0.3) is 0 Å². The largest absolute Gasteiger partial charge is 0.399 e. The highest BCUT2D eigenvalue weighted by atomic mass is 16.1. The van der Waals surface area contributed by atoms with E-state index in [0.717, 1.165) is 43.6 Å². The summed E-state index contributed by atoms with van der Waals surface area (Å²) < 4.78 is 0. The molecule has 150 valence electrons. The number of pyridine rings is 1. The van der Waals surface area contributed by atoms with Gasteiger partial charge in [-0.05, 0) is 61.6 Å². The number of carbonyl (C=O) groups excluding carboxylic acids is 1. The van der Waals surface area contributed by atoms with Gasteiger partial charge in [0.05, 0.1) is 5.56 Å². The van der Waals surface area contributed by atoms with Crippen molar-refractivity contribution >= 4 is 23.1 Å². The lowest BCUT2D eigenvalue weighted by Gasteiger charge is -2.34. The van der Waals surface area contributed by atoms with Crippen molar-refractivity contribution in [2.75, 3.05) is 37.2 Å². The molecule has 1 fully saturated rings. The maximum absolute atomic E-state index is 12.6. The van der Waals surface area contributed by atoms with Gasteiger partial charge in [0.25, 0.3) is 5.91 Å². The number of nitrogens with one attached hydrogen (secondary N) is 2. The number of hydrogen-bond acceptors (Lipinski definition) is 5. The van der Waals surface area contributed by atoms with Crippen LogP contribution in [0.2, 0.25) is 0 Å². The van der Waals surface area contributed by atoms with E-state index in [1.54, 1.807) is 18.3 Å². The summed E-state index contributed by atoms with van der Waals surface area (Å²) in [5, 5.41) is 6.21. The van der Waals surface area contributed by atoms with Crippen molar-refractivity contribution in [2.24, 2.45) is 11.8 Å². The molecule has 4 N–H and O–H groups in total. The first-order valence-electron chi connectivity index (χ1n) is 10.1. The molecule has 2 aromatic rings. The summed E-state index contributed by atoms with van der Waals surface area (Å²) in [6, 6.07) is 11.0. The van der Waals surface area contributed by atoms with Crippen LogP contribution in [0.15, 0.2) is 42.6 Å². The van der Waals surface area contributed by atoms with Crippen molar-refractivity contribution < 1.29 is 4.79 Å². The Hall–Kier alpha value is -2.60. The van der Waals surface area contributed by atoms with Crippen molar-refractivity contribution in [1.82, 2.24) is 15.2 Å². The zero-order chi connectivity index (χ0) is 19.9. The monoisotopic (exact) mass is 381 g/mol. The molecule has 3 rings (SSSR count). The fourth-order valence-electron chi connectivity index (χ4n) is 4.02. The summed E-state index contributed by atoms with van der Waals surface area (Å²) in [4.78, 5) is 19.5. The number of nitrogens with two attached hydrogens (primary N) is 1. The second-order valence-corrected chi connectivity index (χ2v) is 7.97. The Morgan fingerprint density at radius 2 is 2.00 bits per heavy atom. The van der Waals surface area contributed by atoms with E-state index in [2.05, 4.69) is 34.4 Å². The molecule has 1 aliphatic rings. The van der Waals surface area contributed by atoms with Crippen molar-refractivity contribution in [3.63, 3.8) is 0 Å². The second-order valence-electron chi connectivity index (χ2n) is 7.97. The molecule has 1 aliphatic heterocycles. The third-order valence-corrected chi connectivity index (χ3v) is 5.08. The number of anilines is 3. The first-order chi connectivity index (χ1) is 13.5. The summed E-state index contributed by atoms with van der Waals surface area (Å²) in [6.07, 6.45) is 3.94. The first-order valence-corrected chi connectivity index (χ1v) is 10.1. The molecule has 6 heteroatoms. The molecule has 1 saturated heterocycles. The van der Waals surface area contributed by atoms with E-state index in [-0.39, 0.29) is 5.91 Å². The summed E-state index contributed by atoms with van der Waals surface area (Å²) in [7, 11) is 0. The van der Waals surface area contributed by atoms with Crippen LogP contribution < -0.4 is 16.4 Å². The zero-order valence-corrected chi connectivity index (χ0v) is 16.8. The maximum Gasteiger partial charge on any atom is 0.255 e. The molecule has 2 heterocycles. The highest BCUT2D eigenvalue weighted by molar-refractivity contribution is 5.99. The van der Waals surface area contributed by atoms with Gasteiger partial charge >= 0.3 is 0 Å². The highest BCUT2D eigenvalue weighted by Gasteiger charge is 2.21. The van der Waals surface area contributed by atoms with Crippen LogP contribution >= 0.6 is 0 Å². The quantitative estimate of drug-likeness (QED) is 0.505. The molecule has 0 spiro atoms. The number of nitrogen functional groups attached to an aromatic ring is 1. The highest BCUT2D eigenvalue weighted by Crippen LogP contribution is 2.21. The molecule has 0 saturated carbocycles. The minimum absolute atomic E-state index is 0.111. The van der Waals surface area contributed by atoms with Crippen molar-refractivity contribution in [2.45, 2.75) is 26.7 Å². The topological polar surface area (TPSA) is 83.3 Å². The Morgan fingerprint density at radius 1 is 1.21 bits per heavy atom. The first kappa shape index (κ1) is 20.1. The van der Waals surface area contributed by atoms with Crippen LogP contribution in [0.3, 0.4) is 0 Å². The SMILES string of the molecule is CC1CC(C)CN(CCCNC(=O)c2cccnc2Nc2cccc(N)c2)C1. The molecular formula is C22H31N5O. The number of rotatable bonds is 7. The summed E-state index contributed by atoms with van der Waals surface area (Å²) in [5.74, 6) is 1.94. The van der Waals surface area contributed by atoms with Crippen molar-refractivity contribution in [3.05, 3.63) is 48.2 Å². The smallest absolute Gasteiger partial charge is 0.255 e. The molecule has 0 radical (unpaired) electrons. The lowest BCUT2D eigenvalue weighted by molar-refractivity contribution is 0.0948. The normalized spacial score (nSPS) is 19.9. The number of amides is 1. The number of aromatic nitrogens is 1. The van der Waals surface area contributed by atoms with Crippen molar-refractivity contribution in [1.29, 1.82) is 0 Å². The Balaban J connectivity index is 1.52. The van der Waals surface area contributed by atoms with Crippen LogP contribution in [0, 0.1) is 11.8 Å². The van der Waals surface area contributed by atoms with Gasteiger partial charge in [-0.3, -0.25) is 4.79 Å². The van der Waals surface area contributed by atoms with Gasteiger partial charge in [-0.2, -0.15) is 0 Å². The third-order valence-electron chi connectivity index (χ3n) is 5.08.